The first-order valence-corrected chi connectivity index (χ1v) is 9.67. The molecule has 0 spiro atoms. The number of aromatic hydroxyl groups is 2. The van der Waals surface area contributed by atoms with Crippen LogP contribution in [0.3, 0.4) is 0 Å². The van der Waals surface area contributed by atoms with Crippen molar-refractivity contribution in [3.05, 3.63) is 23.8 Å². The summed E-state index contributed by atoms with van der Waals surface area (Å²) in [5.74, 6) is -1.49. The van der Waals surface area contributed by atoms with E-state index in [1.807, 2.05) is 0 Å². The van der Waals surface area contributed by atoms with Gasteiger partial charge >= 0.3 is 5.97 Å². The number of phenolic OH excluding ortho intramolecular Hbond substituents is 2. The molecule has 0 heterocycles. The van der Waals surface area contributed by atoms with E-state index in [0.29, 0.717) is 12.0 Å². The highest BCUT2D eigenvalue weighted by molar-refractivity contribution is 5.77. The summed E-state index contributed by atoms with van der Waals surface area (Å²) in [6.45, 7) is 4.53. The van der Waals surface area contributed by atoms with Gasteiger partial charge in [0.05, 0.1) is 5.92 Å². The van der Waals surface area contributed by atoms with E-state index in [1.165, 1.54) is 44.6 Å². The smallest absolute Gasteiger partial charge is 0.311 e. The van der Waals surface area contributed by atoms with Crippen molar-refractivity contribution in [3.63, 3.8) is 0 Å². The van der Waals surface area contributed by atoms with Crippen LogP contribution < -0.4 is 0 Å². The first-order chi connectivity index (χ1) is 11.9. The average molecular weight is 350 g/mol. The molecule has 4 nitrogen and oxygen atoms in total. The third-order valence-electron chi connectivity index (χ3n) is 4.74. The van der Waals surface area contributed by atoms with Gasteiger partial charge < -0.3 is 15.3 Å². The van der Waals surface area contributed by atoms with E-state index in [-0.39, 0.29) is 11.5 Å². The van der Waals surface area contributed by atoms with E-state index < -0.39 is 11.9 Å². The molecule has 0 saturated carbocycles. The number of phenols is 2. The number of rotatable bonds is 13. The van der Waals surface area contributed by atoms with Crippen LogP contribution in [0.2, 0.25) is 0 Å². The zero-order valence-corrected chi connectivity index (χ0v) is 15.7. The van der Waals surface area contributed by atoms with E-state index in [2.05, 4.69) is 13.8 Å². The molecule has 0 aliphatic carbocycles. The maximum absolute atomic E-state index is 11.5. The molecule has 0 amide bonds. The molecule has 0 aromatic heterocycles. The Morgan fingerprint density at radius 2 is 1.40 bits per heavy atom. The second-order valence-electron chi connectivity index (χ2n) is 7.41. The molecule has 3 N–H and O–H groups in total. The monoisotopic (exact) mass is 350 g/mol. The van der Waals surface area contributed by atoms with Crippen molar-refractivity contribution in [2.24, 2.45) is 5.92 Å². The van der Waals surface area contributed by atoms with Crippen LogP contribution in [0.5, 0.6) is 11.5 Å². The first kappa shape index (κ1) is 21.3. The highest BCUT2D eigenvalue weighted by atomic mass is 16.4. The predicted octanol–water partition coefficient (Wildman–Crippen LogP) is 5.82. The second kappa shape index (κ2) is 11.8. The third kappa shape index (κ3) is 8.28. The van der Waals surface area contributed by atoms with Gasteiger partial charge in [-0.15, -0.1) is 0 Å². The van der Waals surface area contributed by atoms with Crippen molar-refractivity contribution in [1.29, 1.82) is 0 Å². The lowest BCUT2D eigenvalue weighted by atomic mass is 9.92. The zero-order valence-electron chi connectivity index (χ0n) is 15.7. The summed E-state index contributed by atoms with van der Waals surface area (Å²) in [7, 11) is 0. The van der Waals surface area contributed by atoms with E-state index in [9.17, 15) is 20.1 Å². The van der Waals surface area contributed by atoms with Crippen molar-refractivity contribution in [2.45, 2.75) is 84.0 Å². The van der Waals surface area contributed by atoms with Gasteiger partial charge in [-0.2, -0.15) is 0 Å². The number of para-hydroxylation sites is 1. The number of unbranched alkanes of at least 4 members (excludes halogenated alkanes) is 7. The molecule has 1 aromatic carbocycles. The summed E-state index contributed by atoms with van der Waals surface area (Å²) < 4.78 is 0. The van der Waals surface area contributed by atoms with Gasteiger partial charge in [0.1, 0.15) is 0 Å². The molecule has 0 bridgehead atoms. The Bertz CT molecular complexity index is 511. The number of carboxylic acid groups (broad SMARTS) is 1. The molecule has 1 aromatic rings. The molecule has 1 atom stereocenters. The second-order valence-corrected chi connectivity index (χ2v) is 7.41. The molecular formula is C21H34O4. The van der Waals surface area contributed by atoms with Crippen LogP contribution in [0.25, 0.3) is 0 Å². The number of hydrogen-bond donors (Lipinski definition) is 3. The molecule has 0 radical (unpaired) electrons. The van der Waals surface area contributed by atoms with Crippen LogP contribution in [0.4, 0.5) is 0 Å². The van der Waals surface area contributed by atoms with Gasteiger partial charge in [0.2, 0.25) is 0 Å². The van der Waals surface area contributed by atoms with Gasteiger partial charge in [-0.3, -0.25) is 4.79 Å². The molecule has 0 aliphatic heterocycles. The van der Waals surface area contributed by atoms with Crippen LogP contribution in [0.15, 0.2) is 18.2 Å². The lowest BCUT2D eigenvalue weighted by molar-refractivity contribution is -0.139. The van der Waals surface area contributed by atoms with Crippen LogP contribution in [-0.2, 0) is 4.79 Å². The van der Waals surface area contributed by atoms with Gasteiger partial charge in [0.15, 0.2) is 11.5 Å². The fourth-order valence-electron chi connectivity index (χ4n) is 3.20. The first-order valence-electron chi connectivity index (χ1n) is 9.67. The van der Waals surface area contributed by atoms with Gasteiger partial charge in [-0.05, 0) is 18.4 Å². The number of benzene rings is 1. The van der Waals surface area contributed by atoms with Crippen molar-refractivity contribution in [3.8, 4) is 11.5 Å². The van der Waals surface area contributed by atoms with Crippen molar-refractivity contribution < 1.29 is 20.1 Å². The van der Waals surface area contributed by atoms with Gasteiger partial charge in [-0.1, -0.05) is 83.8 Å². The number of hydrogen-bond acceptors (Lipinski definition) is 3. The largest absolute Gasteiger partial charge is 0.504 e. The van der Waals surface area contributed by atoms with Crippen LogP contribution in [0, 0.1) is 5.92 Å². The van der Waals surface area contributed by atoms with E-state index >= 15 is 0 Å². The number of aliphatic carboxylic acids is 1. The minimum absolute atomic E-state index is 0.263. The molecule has 0 aliphatic rings. The summed E-state index contributed by atoms with van der Waals surface area (Å²) in [4.78, 5) is 11.5. The Kier molecular flexibility index (Phi) is 10.0. The molecule has 0 saturated heterocycles. The minimum Gasteiger partial charge on any atom is -0.504 e. The maximum atomic E-state index is 11.5. The van der Waals surface area contributed by atoms with E-state index in [4.69, 9.17) is 0 Å². The van der Waals surface area contributed by atoms with Crippen LogP contribution >= 0.6 is 0 Å². The van der Waals surface area contributed by atoms with Gasteiger partial charge in [0, 0.05) is 5.56 Å². The molecule has 4 heteroatoms. The Morgan fingerprint density at radius 1 is 0.880 bits per heavy atom. The van der Waals surface area contributed by atoms with Gasteiger partial charge in [0.25, 0.3) is 0 Å². The third-order valence-corrected chi connectivity index (χ3v) is 4.74. The molecule has 142 valence electrons. The fraction of sp³-hybridized carbons (Fsp3) is 0.667. The summed E-state index contributed by atoms with van der Waals surface area (Å²) in [5.41, 5.74) is 0.303. The maximum Gasteiger partial charge on any atom is 0.311 e. The highest BCUT2D eigenvalue weighted by Crippen LogP contribution is 2.36. The normalized spacial score (nSPS) is 12.4. The Labute approximate surface area is 151 Å². The lowest BCUT2D eigenvalue weighted by Gasteiger charge is -2.14. The highest BCUT2D eigenvalue weighted by Gasteiger charge is 2.23. The number of carboxylic acids is 1. The lowest BCUT2D eigenvalue weighted by Crippen LogP contribution is -2.11. The van der Waals surface area contributed by atoms with Crippen LogP contribution in [-0.4, -0.2) is 21.3 Å². The number of carbonyl (C=O) groups is 1. The minimum atomic E-state index is -0.953. The molecule has 1 rings (SSSR count). The van der Waals surface area contributed by atoms with Crippen molar-refractivity contribution >= 4 is 5.97 Å². The summed E-state index contributed by atoms with van der Waals surface area (Å²) >= 11 is 0. The van der Waals surface area contributed by atoms with Crippen LogP contribution in [0.1, 0.15) is 89.5 Å². The predicted molar refractivity (Wildman–Crippen MR) is 101 cm³/mol. The van der Waals surface area contributed by atoms with E-state index in [0.717, 1.165) is 25.2 Å². The van der Waals surface area contributed by atoms with Gasteiger partial charge in [-0.25, -0.2) is 0 Å². The quantitative estimate of drug-likeness (QED) is 0.309. The summed E-state index contributed by atoms with van der Waals surface area (Å²) in [6.07, 6.45) is 11.2. The van der Waals surface area contributed by atoms with Crippen molar-refractivity contribution in [1.82, 2.24) is 0 Å². The zero-order chi connectivity index (χ0) is 18.7. The topological polar surface area (TPSA) is 77.8 Å². The molecular weight excluding hydrogens is 316 g/mol. The SMILES string of the molecule is CC(C)CCCCCCCCCCC(C(=O)O)c1cccc(O)c1O. The standard InChI is InChI=1S/C21H34O4/c1-16(2)12-9-7-5-3-4-6-8-10-13-18(21(24)25)17-14-11-15-19(22)20(17)23/h11,14-16,18,22-23H,3-10,12-13H2,1-2H3,(H,24,25). The fourth-order valence-corrected chi connectivity index (χ4v) is 3.20. The average Bonchev–Trinajstić information content (AvgIpc) is 2.55. The van der Waals surface area contributed by atoms with Crippen molar-refractivity contribution in [2.75, 3.05) is 0 Å². The summed E-state index contributed by atoms with van der Waals surface area (Å²) in [5, 5.41) is 28.8. The molecule has 1 unspecified atom stereocenters. The molecule has 0 fully saturated rings. The summed E-state index contributed by atoms with van der Waals surface area (Å²) in [6, 6.07) is 4.50. The molecule has 25 heavy (non-hydrogen) atoms. The Hall–Kier alpha value is -1.71. The Morgan fingerprint density at radius 3 is 1.92 bits per heavy atom. The van der Waals surface area contributed by atoms with E-state index in [1.54, 1.807) is 12.1 Å². The Balaban J connectivity index is 2.22.